The van der Waals surface area contributed by atoms with E-state index in [-0.39, 0.29) is 0 Å². The maximum Gasteiger partial charge on any atom is 0.251 e. The fraction of sp³-hybridized carbons (Fsp3) is 0.333. The van der Waals surface area contributed by atoms with Crippen LogP contribution in [0.3, 0.4) is 0 Å². The Balaban J connectivity index is 1.48. The molecule has 1 fully saturated rings. The number of aromatic nitrogens is 3. The van der Waals surface area contributed by atoms with Gasteiger partial charge in [-0.25, -0.2) is 23.1 Å². The second kappa shape index (κ2) is 7.83. The molecule has 2 aliphatic rings. The van der Waals surface area contributed by atoms with Crippen LogP contribution in [0.25, 0.3) is 0 Å². The number of halogens is 3. The Hall–Kier alpha value is -3.49. The Morgan fingerprint density at radius 3 is 2.52 bits per heavy atom. The molecule has 33 heavy (non-hydrogen) atoms. The van der Waals surface area contributed by atoms with Crippen LogP contribution in [-0.4, -0.2) is 33.3 Å². The van der Waals surface area contributed by atoms with Gasteiger partial charge in [-0.15, -0.1) is 0 Å². The number of carbonyl (C=O) groups is 1. The minimum Gasteiger partial charge on any atom is -0.325 e. The third kappa shape index (κ3) is 3.92. The molecule has 0 bridgehead atoms. The maximum absolute atomic E-state index is 14.1. The van der Waals surface area contributed by atoms with Gasteiger partial charge in [-0.3, -0.25) is 9.78 Å². The molecule has 170 valence electrons. The number of nitrogens with one attached hydrogen (secondary N) is 1. The first-order valence-corrected chi connectivity index (χ1v) is 10.8. The average Bonchev–Trinajstić information content (AvgIpc) is 2.78. The zero-order valence-corrected chi connectivity index (χ0v) is 18.0. The SMILES string of the molecule is Cc1nccc(N2CCCc3nc(C4(C(=O)Nc5ccc(F)cc5)CC(F)(F)C4)ccc32)n1. The van der Waals surface area contributed by atoms with E-state index in [1.54, 1.807) is 12.3 Å². The van der Waals surface area contributed by atoms with E-state index >= 15 is 0 Å². The largest absolute Gasteiger partial charge is 0.325 e. The third-order valence-corrected chi connectivity index (χ3v) is 6.22. The van der Waals surface area contributed by atoms with Crippen molar-refractivity contribution >= 4 is 23.1 Å². The van der Waals surface area contributed by atoms with Gasteiger partial charge < -0.3 is 10.2 Å². The van der Waals surface area contributed by atoms with Gasteiger partial charge in [0, 0.05) is 31.3 Å². The number of benzene rings is 1. The molecule has 1 aliphatic heterocycles. The number of rotatable bonds is 4. The molecule has 1 aromatic carbocycles. The van der Waals surface area contributed by atoms with E-state index in [1.807, 2.05) is 24.0 Å². The number of carbonyl (C=O) groups excluding carboxylic acids is 1. The van der Waals surface area contributed by atoms with E-state index in [1.165, 1.54) is 24.3 Å². The van der Waals surface area contributed by atoms with Gasteiger partial charge >= 0.3 is 0 Å². The number of hydrogen-bond acceptors (Lipinski definition) is 5. The van der Waals surface area contributed by atoms with E-state index in [0.29, 0.717) is 23.6 Å². The first kappa shape index (κ1) is 21.4. The second-order valence-corrected chi connectivity index (χ2v) is 8.63. The van der Waals surface area contributed by atoms with Gasteiger partial charge in [0.25, 0.3) is 5.92 Å². The molecule has 2 aromatic heterocycles. The minimum absolute atomic E-state index is 0.326. The molecule has 6 nitrogen and oxygen atoms in total. The van der Waals surface area contributed by atoms with Gasteiger partial charge in [0.15, 0.2) is 0 Å². The lowest BCUT2D eigenvalue weighted by Gasteiger charge is -2.45. The lowest BCUT2D eigenvalue weighted by atomic mass is 9.63. The highest BCUT2D eigenvalue weighted by Crippen LogP contribution is 2.54. The Morgan fingerprint density at radius 1 is 1.06 bits per heavy atom. The van der Waals surface area contributed by atoms with Crippen molar-refractivity contribution in [3.8, 4) is 0 Å². The van der Waals surface area contributed by atoms with Crippen molar-refractivity contribution in [2.45, 2.75) is 43.9 Å². The summed E-state index contributed by atoms with van der Waals surface area (Å²) >= 11 is 0. The lowest BCUT2D eigenvalue weighted by molar-refractivity contribution is -0.154. The van der Waals surface area contributed by atoms with Crippen LogP contribution in [0.5, 0.6) is 0 Å². The van der Waals surface area contributed by atoms with Crippen LogP contribution < -0.4 is 10.2 Å². The van der Waals surface area contributed by atoms with Crippen molar-refractivity contribution < 1.29 is 18.0 Å². The number of anilines is 3. The fourth-order valence-corrected chi connectivity index (χ4v) is 4.62. The number of nitrogens with zero attached hydrogens (tertiary/aromatic N) is 4. The standard InChI is InChI=1S/C24H22F3N5O/c1-15-28-11-10-21(29-15)32-12-2-3-18-19(32)8-9-20(31-18)23(13-24(26,27)14-23)22(33)30-17-6-4-16(25)5-7-17/h4-11H,2-3,12-14H2,1H3,(H,30,33). The van der Waals surface area contributed by atoms with Gasteiger partial charge in [-0.1, -0.05) is 0 Å². The molecule has 0 atom stereocenters. The summed E-state index contributed by atoms with van der Waals surface area (Å²) in [6, 6.07) is 10.5. The van der Waals surface area contributed by atoms with Crippen LogP contribution in [0.15, 0.2) is 48.7 Å². The molecule has 3 heterocycles. The molecule has 0 unspecified atom stereocenters. The molecule has 0 spiro atoms. The topological polar surface area (TPSA) is 71.0 Å². The molecule has 1 aliphatic carbocycles. The summed E-state index contributed by atoms with van der Waals surface area (Å²) in [7, 11) is 0. The quantitative estimate of drug-likeness (QED) is 0.620. The molecular formula is C24H22F3N5O. The molecule has 5 rings (SSSR count). The van der Waals surface area contributed by atoms with Gasteiger partial charge in [-0.05, 0) is 62.2 Å². The van der Waals surface area contributed by atoms with Gasteiger partial charge in [0.05, 0.1) is 17.1 Å². The Bertz CT molecular complexity index is 1210. The molecule has 0 saturated heterocycles. The van der Waals surface area contributed by atoms with Crippen LogP contribution >= 0.6 is 0 Å². The van der Waals surface area contributed by atoms with Crippen LogP contribution in [0, 0.1) is 12.7 Å². The Labute approximate surface area is 188 Å². The molecule has 1 N–H and O–H groups in total. The van der Waals surface area contributed by atoms with Crippen molar-refractivity contribution in [1.82, 2.24) is 15.0 Å². The van der Waals surface area contributed by atoms with Crippen LogP contribution in [0.4, 0.5) is 30.4 Å². The van der Waals surface area contributed by atoms with Crippen LogP contribution in [0.1, 0.15) is 36.5 Å². The number of hydrogen-bond donors (Lipinski definition) is 1. The number of pyridine rings is 1. The van der Waals surface area contributed by atoms with E-state index in [4.69, 9.17) is 4.98 Å². The van der Waals surface area contributed by atoms with Crippen molar-refractivity contribution in [1.29, 1.82) is 0 Å². The number of amides is 1. The van der Waals surface area contributed by atoms with Crippen molar-refractivity contribution in [2.75, 3.05) is 16.8 Å². The zero-order chi connectivity index (χ0) is 23.2. The minimum atomic E-state index is -2.94. The highest BCUT2D eigenvalue weighted by atomic mass is 19.3. The molecule has 3 aromatic rings. The van der Waals surface area contributed by atoms with E-state index in [0.717, 1.165) is 30.2 Å². The summed E-state index contributed by atoms with van der Waals surface area (Å²) in [4.78, 5) is 28.5. The van der Waals surface area contributed by atoms with Gasteiger partial charge in [0.2, 0.25) is 5.91 Å². The van der Waals surface area contributed by atoms with Gasteiger partial charge in [0.1, 0.15) is 22.9 Å². The summed E-state index contributed by atoms with van der Waals surface area (Å²) in [5, 5.41) is 2.66. The van der Waals surface area contributed by atoms with E-state index in [2.05, 4.69) is 15.3 Å². The van der Waals surface area contributed by atoms with Crippen molar-refractivity contribution in [2.24, 2.45) is 0 Å². The summed E-state index contributed by atoms with van der Waals surface area (Å²) in [6.07, 6.45) is 1.95. The monoisotopic (exact) mass is 453 g/mol. The fourth-order valence-electron chi connectivity index (χ4n) is 4.62. The highest BCUT2D eigenvalue weighted by Gasteiger charge is 2.62. The maximum atomic E-state index is 14.1. The Morgan fingerprint density at radius 2 is 1.82 bits per heavy atom. The molecule has 0 radical (unpaired) electrons. The van der Waals surface area contributed by atoms with E-state index < -0.39 is 35.9 Å². The van der Waals surface area contributed by atoms with Crippen LogP contribution in [-0.2, 0) is 16.6 Å². The molecule has 9 heteroatoms. The third-order valence-electron chi connectivity index (χ3n) is 6.22. The lowest BCUT2D eigenvalue weighted by Crippen LogP contribution is -2.57. The summed E-state index contributed by atoms with van der Waals surface area (Å²) < 4.78 is 41.3. The van der Waals surface area contributed by atoms with Gasteiger partial charge in [-0.2, -0.15) is 0 Å². The zero-order valence-electron chi connectivity index (χ0n) is 18.0. The first-order valence-electron chi connectivity index (χ1n) is 10.8. The molecular weight excluding hydrogens is 431 g/mol. The molecule has 1 amide bonds. The van der Waals surface area contributed by atoms with E-state index in [9.17, 15) is 18.0 Å². The summed E-state index contributed by atoms with van der Waals surface area (Å²) in [5.74, 6) is -2.55. The van der Waals surface area contributed by atoms with Crippen LogP contribution in [0.2, 0.25) is 0 Å². The predicted molar refractivity (Wildman–Crippen MR) is 117 cm³/mol. The second-order valence-electron chi connectivity index (χ2n) is 8.63. The Kier molecular flexibility index (Phi) is 5.07. The van der Waals surface area contributed by atoms with Crippen molar-refractivity contribution in [3.63, 3.8) is 0 Å². The first-order chi connectivity index (χ1) is 15.8. The highest BCUT2D eigenvalue weighted by molar-refractivity contribution is 6.00. The summed E-state index contributed by atoms with van der Waals surface area (Å²) in [6.45, 7) is 2.56. The predicted octanol–water partition coefficient (Wildman–Crippen LogP) is 4.71. The number of fused-ring (bicyclic) bond motifs is 1. The normalized spacial score (nSPS) is 18.2. The molecule has 1 saturated carbocycles. The summed E-state index contributed by atoms with van der Waals surface area (Å²) in [5.41, 5.74) is 0.829. The number of aryl methyl sites for hydroxylation is 2. The average molecular weight is 453 g/mol. The van der Waals surface area contributed by atoms with Crippen molar-refractivity contribution in [3.05, 3.63) is 71.7 Å². The number of alkyl halides is 2. The smallest absolute Gasteiger partial charge is 0.251 e.